The van der Waals surface area contributed by atoms with Gasteiger partial charge in [0.05, 0.1) is 12.0 Å². The van der Waals surface area contributed by atoms with Crippen molar-refractivity contribution in [1.82, 2.24) is 0 Å². The molecule has 1 fully saturated rings. The molecule has 0 aromatic heterocycles. The van der Waals surface area contributed by atoms with Gasteiger partial charge in [-0.15, -0.1) is 11.6 Å². The molecule has 1 saturated carbocycles. The van der Waals surface area contributed by atoms with Crippen LogP contribution in [0.1, 0.15) is 38.7 Å². The minimum absolute atomic E-state index is 0.178. The molecule has 1 aromatic carbocycles. The number of hydrogen-bond acceptors (Lipinski definition) is 1. The van der Waals surface area contributed by atoms with Crippen molar-refractivity contribution in [2.45, 2.75) is 39.2 Å². The fourth-order valence-electron chi connectivity index (χ4n) is 2.64. The van der Waals surface area contributed by atoms with Crippen LogP contribution in [0.25, 0.3) is 0 Å². The van der Waals surface area contributed by atoms with E-state index in [4.69, 9.17) is 16.3 Å². The Morgan fingerprint density at radius 2 is 2.05 bits per heavy atom. The van der Waals surface area contributed by atoms with Gasteiger partial charge in [0.1, 0.15) is 11.6 Å². The van der Waals surface area contributed by atoms with E-state index in [9.17, 15) is 4.39 Å². The minimum atomic E-state index is -0.321. The Balaban J connectivity index is 2.07. The summed E-state index contributed by atoms with van der Waals surface area (Å²) in [7, 11) is 0. The van der Waals surface area contributed by atoms with Crippen LogP contribution in [0.15, 0.2) is 18.2 Å². The predicted molar refractivity (Wildman–Crippen MR) is 80.6 cm³/mol. The summed E-state index contributed by atoms with van der Waals surface area (Å²) in [5.74, 6) is 7.43. The highest BCUT2D eigenvalue weighted by molar-refractivity contribution is 6.19. The third-order valence-corrected chi connectivity index (χ3v) is 4.16. The van der Waals surface area contributed by atoms with Crippen LogP contribution in [-0.2, 0) is 0 Å². The Bertz CT molecular complexity index is 517. The van der Waals surface area contributed by atoms with Crippen molar-refractivity contribution >= 4 is 11.6 Å². The zero-order valence-corrected chi connectivity index (χ0v) is 12.7. The highest BCUT2D eigenvalue weighted by atomic mass is 35.5. The van der Waals surface area contributed by atoms with Crippen molar-refractivity contribution in [3.63, 3.8) is 0 Å². The zero-order valence-electron chi connectivity index (χ0n) is 12.0. The molecular weight excluding hydrogens is 275 g/mol. The molecule has 1 aliphatic rings. The summed E-state index contributed by atoms with van der Waals surface area (Å²) < 4.78 is 19.5. The van der Waals surface area contributed by atoms with Gasteiger partial charge in [0.25, 0.3) is 0 Å². The summed E-state index contributed by atoms with van der Waals surface area (Å²) in [6.07, 6.45) is 3.40. The molecule has 0 amide bonds. The van der Waals surface area contributed by atoms with Gasteiger partial charge < -0.3 is 4.74 Å². The van der Waals surface area contributed by atoms with E-state index < -0.39 is 0 Å². The van der Waals surface area contributed by atoms with Crippen molar-refractivity contribution in [3.05, 3.63) is 29.6 Å². The molecule has 3 atom stereocenters. The summed E-state index contributed by atoms with van der Waals surface area (Å²) in [5, 5.41) is 0. The fraction of sp³-hybridized carbons (Fsp3) is 0.529. The molecule has 3 unspecified atom stereocenters. The highest BCUT2D eigenvalue weighted by Crippen LogP contribution is 2.32. The first-order valence-corrected chi connectivity index (χ1v) is 7.64. The van der Waals surface area contributed by atoms with E-state index in [0.717, 1.165) is 18.8 Å². The van der Waals surface area contributed by atoms with Gasteiger partial charge in [0.2, 0.25) is 0 Å². The molecule has 0 bridgehead atoms. The molecule has 0 radical (unpaired) electrons. The van der Waals surface area contributed by atoms with E-state index in [1.165, 1.54) is 18.6 Å². The standard InChI is InChI=1S/C17H20ClFO/c1-12-5-6-16(8-13(12)2)20-17-10-14(4-3-7-18)9-15(19)11-17/h9-13,16H,5-8H2,1-2H3. The number of benzene rings is 1. The second kappa shape index (κ2) is 6.99. The molecule has 2 rings (SSSR count). The smallest absolute Gasteiger partial charge is 0.128 e. The van der Waals surface area contributed by atoms with Gasteiger partial charge in [0.15, 0.2) is 0 Å². The van der Waals surface area contributed by atoms with Crippen molar-refractivity contribution in [2.75, 3.05) is 5.88 Å². The minimum Gasteiger partial charge on any atom is -0.490 e. The van der Waals surface area contributed by atoms with E-state index >= 15 is 0 Å². The molecule has 20 heavy (non-hydrogen) atoms. The Hall–Kier alpha value is -1.20. The van der Waals surface area contributed by atoms with E-state index in [2.05, 4.69) is 25.7 Å². The van der Waals surface area contributed by atoms with Gasteiger partial charge in [-0.2, -0.15) is 0 Å². The van der Waals surface area contributed by atoms with E-state index in [1.807, 2.05) is 0 Å². The molecule has 0 saturated heterocycles. The molecule has 0 heterocycles. The van der Waals surface area contributed by atoms with Crippen LogP contribution in [0.4, 0.5) is 4.39 Å². The SMILES string of the molecule is CC1CCC(Oc2cc(F)cc(C#CCCl)c2)CC1C. The van der Waals surface area contributed by atoms with E-state index in [0.29, 0.717) is 17.2 Å². The van der Waals surface area contributed by atoms with Crippen LogP contribution in [-0.4, -0.2) is 12.0 Å². The van der Waals surface area contributed by atoms with Gasteiger partial charge in [-0.25, -0.2) is 4.39 Å². The first kappa shape index (κ1) is 15.2. The topological polar surface area (TPSA) is 9.23 Å². The fourth-order valence-corrected chi connectivity index (χ4v) is 2.70. The molecule has 3 heteroatoms. The molecule has 1 aromatic rings. The Morgan fingerprint density at radius 1 is 1.25 bits per heavy atom. The first-order valence-electron chi connectivity index (χ1n) is 7.10. The van der Waals surface area contributed by atoms with Crippen LogP contribution in [0.3, 0.4) is 0 Å². The lowest BCUT2D eigenvalue weighted by atomic mass is 9.80. The predicted octanol–water partition coefficient (Wildman–Crippen LogP) is 4.62. The molecule has 0 aliphatic heterocycles. The Kier molecular flexibility index (Phi) is 5.31. The van der Waals surface area contributed by atoms with Gasteiger partial charge in [0, 0.05) is 11.6 Å². The number of ether oxygens (including phenoxy) is 1. The largest absolute Gasteiger partial charge is 0.490 e. The number of alkyl halides is 1. The third kappa shape index (κ3) is 4.15. The molecule has 1 aliphatic carbocycles. The van der Waals surface area contributed by atoms with E-state index in [1.54, 1.807) is 6.07 Å². The lowest BCUT2D eigenvalue weighted by molar-refractivity contribution is 0.100. The van der Waals surface area contributed by atoms with Crippen molar-refractivity contribution in [1.29, 1.82) is 0 Å². The summed E-state index contributed by atoms with van der Waals surface area (Å²) >= 11 is 5.52. The molecular formula is C17H20ClFO. The van der Waals surface area contributed by atoms with Crippen molar-refractivity contribution in [2.24, 2.45) is 11.8 Å². The maximum absolute atomic E-state index is 13.6. The second-order valence-electron chi connectivity index (χ2n) is 5.62. The van der Waals surface area contributed by atoms with Crippen LogP contribution in [0, 0.1) is 29.5 Å². The molecule has 108 valence electrons. The number of hydrogen-bond donors (Lipinski definition) is 0. The summed E-state index contributed by atoms with van der Waals surface area (Å²) in [6, 6.07) is 4.61. The van der Waals surface area contributed by atoms with Crippen LogP contribution in [0.2, 0.25) is 0 Å². The zero-order chi connectivity index (χ0) is 14.5. The first-order chi connectivity index (χ1) is 9.58. The van der Waals surface area contributed by atoms with Crippen LogP contribution in [0.5, 0.6) is 5.75 Å². The summed E-state index contributed by atoms with van der Waals surface area (Å²) in [5.41, 5.74) is 0.609. The lowest BCUT2D eigenvalue weighted by Gasteiger charge is -2.32. The van der Waals surface area contributed by atoms with Crippen molar-refractivity contribution in [3.8, 4) is 17.6 Å². The quantitative estimate of drug-likeness (QED) is 0.571. The average Bonchev–Trinajstić information content (AvgIpc) is 2.40. The number of halogens is 2. The highest BCUT2D eigenvalue weighted by Gasteiger charge is 2.25. The van der Waals surface area contributed by atoms with Gasteiger partial charge in [-0.3, -0.25) is 0 Å². The second-order valence-corrected chi connectivity index (χ2v) is 5.89. The summed E-state index contributed by atoms with van der Waals surface area (Å²) in [4.78, 5) is 0. The third-order valence-electron chi connectivity index (χ3n) is 4.02. The Morgan fingerprint density at radius 3 is 2.75 bits per heavy atom. The van der Waals surface area contributed by atoms with Crippen LogP contribution < -0.4 is 4.74 Å². The Labute approximate surface area is 125 Å². The monoisotopic (exact) mass is 294 g/mol. The van der Waals surface area contributed by atoms with Crippen molar-refractivity contribution < 1.29 is 9.13 Å². The van der Waals surface area contributed by atoms with Crippen LogP contribution >= 0.6 is 11.6 Å². The maximum atomic E-state index is 13.6. The normalized spacial score (nSPS) is 25.7. The van der Waals surface area contributed by atoms with Gasteiger partial charge in [-0.05, 0) is 43.2 Å². The van der Waals surface area contributed by atoms with Gasteiger partial charge in [-0.1, -0.05) is 25.7 Å². The van der Waals surface area contributed by atoms with Gasteiger partial charge >= 0.3 is 0 Å². The summed E-state index contributed by atoms with van der Waals surface area (Å²) in [6.45, 7) is 4.53. The van der Waals surface area contributed by atoms with E-state index in [-0.39, 0.29) is 17.8 Å². The number of rotatable bonds is 2. The average molecular weight is 295 g/mol. The maximum Gasteiger partial charge on any atom is 0.128 e. The molecule has 0 spiro atoms. The molecule has 0 N–H and O–H groups in total. The molecule has 1 nitrogen and oxygen atoms in total. The lowest BCUT2D eigenvalue weighted by Crippen LogP contribution is -2.28.